The lowest BCUT2D eigenvalue weighted by Crippen LogP contribution is -2.36. The van der Waals surface area contributed by atoms with Gasteiger partial charge in [0.25, 0.3) is 0 Å². The van der Waals surface area contributed by atoms with Crippen LogP contribution in [0.5, 0.6) is 0 Å². The molecule has 0 aromatic heterocycles. The zero-order valence-corrected chi connectivity index (χ0v) is 8.98. The molecule has 5 aliphatic carbocycles. The van der Waals surface area contributed by atoms with E-state index in [0.29, 0.717) is 11.8 Å². The Hall–Kier alpha value is -0.790. The summed E-state index contributed by atoms with van der Waals surface area (Å²) in [5.41, 5.74) is -0.0955. The van der Waals surface area contributed by atoms with E-state index in [1.54, 1.807) is 7.11 Å². The van der Waals surface area contributed by atoms with Gasteiger partial charge in [0, 0.05) is 0 Å². The standard InChI is InChI=1S/C13H16O2/c1-15-12(14)13-5-3-2-4-7-9(13)6-8-10(7)11(8)13/h2-3,7-11H,4-6H2,1H3/t7-,8-,9-,10-,11+,13-/m0/s1. The molecular formula is C13H16O2. The van der Waals surface area contributed by atoms with Gasteiger partial charge in [0.2, 0.25) is 0 Å². The fourth-order valence-corrected chi connectivity index (χ4v) is 5.29. The molecule has 0 aromatic carbocycles. The van der Waals surface area contributed by atoms with Crippen LogP contribution >= 0.6 is 0 Å². The molecule has 0 aliphatic heterocycles. The number of ether oxygens (including phenoxy) is 1. The quantitative estimate of drug-likeness (QED) is 0.482. The van der Waals surface area contributed by atoms with Crippen molar-refractivity contribution in [2.24, 2.45) is 35.0 Å². The lowest BCUT2D eigenvalue weighted by atomic mass is 9.74. The highest BCUT2D eigenvalue weighted by molar-refractivity contribution is 5.80. The van der Waals surface area contributed by atoms with E-state index >= 15 is 0 Å². The van der Waals surface area contributed by atoms with Crippen molar-refractivity contribution in [3.8, 4) is 0 Å². The van der Waals surface area contributed by atoms with Gasteiger partial charge < -0.3 is 4.74 Å². The second-order valence-electron chi connectivity index (χ2n) is 5.72. The van der Waals surface area contributed by atoms with E-state index in [9.17, 15) is 4.79 Å². The highest BCUT2D eigenvalue weighted by Gasteiger charge is 2.81. The lowest BCUT2D eigenvalue weighted by Gasteiger charge is -2.30. The molecule has 4 fully saturated rings. The zero-order chi connectivity index (χ0) is 10.2. The topological polar surface area (TPSA) is 26.3 Å². The van der Waals surface area contributed by atoms with E-state index in [1.165, 1.54) is 12.8 Å². The van der Waals surface area contributed by atoms with Crippen molar-refractivity contribution in [2.75, 3.05) is 7.11 Å². The second-order valence-corrected chi connectivity index (χ2v) is 5.72. The highest BCUT2D eigenvalue weighted by Crippen LogP contribution is 2.82. The van der Waals surface area contributed by atoms with Gasteiger partial charge in [-0.05, 0) is 48.9 Å². The van der Waals surface area contributed by atoms with Crippen LogP contribution in [-0.2, 0) is 9.53 Å². The number of hydrogen-bond donors (Lipinski definition) is 0. The maximum absolute atomic E-state index is 12.1. The number of carbonyl (C=O) groups is 1. The minimum absolute atomic E-state index is 0.0801. The Bertz CT molecular complexity index is 373. The van der Waals surface area contributed by atoms with Gasteiger partial charge >= 0.3 is 5.97 Å². The Kier molecular flexibility index (Phi) is 1.29. The summed E-state index contributed by atoms with van der Waals surface area (Å²) in [6.07, 6.45) is 7.97. The first-order valence-electron chi connectivity index (χ1n) is 6.04. The van der Waals surface area contributed by atoms with Crippen LogP contribution in [0.25, 0.3) is 0 Å². The summed E-state index contributed by atoms with van der Waals surface area (Å²) in [4.78, 5) is 12.1. The molecule has 0 saturated heterocycles. The van der Waals surface area contributed by atoms with Gasteiger partial charge in [-0.2, -0.15) is 0 Å². The predicted molar refractivity (Wildman–Crippen MR) is 54.9 cm³/mol. The average Bonchev–Trinajstić information content (AvgIpc) is 2.62. The Labute approximate surface area is 89.7 Å². The predicted octanol–water partition coefficient (Wildman–Crippen LogP) is 2.01. The van der Waals surface area contributed by atoms with Crippen LogP contribution < -0.4 is 0 Å². The van der Waals surface area contributed by atoms with Gasteiger partial charge in [-0.25, -0.2) is 0 Å². The summed E-state index contributed by atoms with van der Waals surface area (Å²) in [6, 6.07) is 0. The van der Waals surface area contributed by atoms with Crippen molar-refractivity contribution in [3.63, 3.8) is 0 Å². The van der Waals surface area contributed by atoms with Crippen LogP contribution in [0, 0.1) is 35.0 Å². The molecule has 0 radical (unpaired) electrons. The van der Waals surface area contributed by atoms with Crippen molar-refractivity contribution in [1.29, 1.82) is 0 Å². The van der Waals surface area contributed by atoms with Gasteiger partial charge in [-0.3, -0.25) is 4.79 Å². The smallest absolute Gasteiger partial charge is 0.312 e. The van der Waals surface area contributed by atoms with E-state index in [2.05, 4.69) is 12.2 Å². The number of esters is 1. The fraction of sp³-hybridized carbons (Fsp3) is 0.769. The van der Waals surface area contributed by atoms with E-state index in [4.69, 9.17) is 4.74 Å². The summed E-state index contributed by atoms with van der Waals surface area (Å²) in [6.45, 7) is 0. The molecule has 5 aliphatic rings. The van der Waals surface area contributed by atoms with Crippen molar-refractivity contribution >= 4 is 5.97 Å². The van der Waals surface area contributed by atoms with Crippen LogP contribution in [0.2, 0.25) is 0 Å². The molecule has 2 nitrogen and oxygen atoms in total. The molecule has 6 bridgehead atoms. The first-order valence-corrected chi connectivity index (χ1v) is 6.04. The van der Waals surface area contributed by atoms with Gasteiger partial charge in [-0.1, -0.05) is 12.2 Å². The van der Waals surface area contributed by atoms with Gasteiger partial charge in [0.1, 0.15) is 0 Å². The molecule has 0 heterocycles. The molecular weight excluding hydrogens is 188 g/mol. The highest BCUT2D eigenvalue weighted by atomic mass is 16.5. The third-order valence-electron chi connectivity index (χ3n) is 5.62. The molecule has 15 heavy (non-hydrogen) atoms. The molecule has 2 heteroatoms. The molecule has 0 amide bonds. The Balaban J connectivity index is 1.85. The number of allylic oxidation sites excluding steroid dienone is 2. The molecule has 0 unspecified atom stereocenters. The molecule has 4 saturated carbocycles. The molecule has 6 atom stereocenters. The minimum atomic E-state index is -0.0955. The fourth-order valence-electron chi connectivity index (χ4n) is 5.29. The van der Waals surface area contributed by atoms with Crippen LogP contribution in [0.1, 0.15) is 19.3 Å². The largest absolute Gasteiger partial charge is 0.469 e. The van der Waals surface area contributed by atoms with Gasteiger partial charge in [-0.15, -0.1) is 0 Å². The van der Waals surface area contributed by atoms with E-state index in [-0.39, 0.29) is 11.4 Å². The zero-order valence-electron chi connectivity index (χ0n) is 8.98. The summed E-state index contributed by atoms with van der Waals surface area (Å²) in [7, 11) is 1.55. The van der Waals surface area contributed by atoms with Gasteiger partial charge in [0.05, 0.1) is 12.5 Å². The SMILES string of the molecule is COC(=O)[C@@]12CC=CC[C@@H]3[C@H]4[C@H](C[C@@H]31)[C@H]42. The maximum Gasteiger partial charge on any atom is 0.312 e. The van der Waals surface area contributed by atoms with E-state index in [1.807, 2.05) is 0 Å². The van der Waals surface area contributed by atoms with Crippen LogP contribution in [0.15, 0.2) is 12.2 Å². The molecule has 0 spiro atoms. The number of methoxy groups -OCH3 is 1. The monoisotopic (exact) mass is 204 g/mol. The Morgan fingerprint density at radius 1 is 1.40 bits per heavy atom. The van der Waals surface area contributed by atoms with Crippen molar-refractivity contribution in [1.82, 2.24) is 0 Å². The average molecular weight is 204 g/mol. The summed E-state index contributed by atoms with van der Waals surface area (Å²) >= 11 is 0. The van der Waals surface area contributed by atoms with E-state index < -0.39 is 0 Å². The summed E-state index contributed by atoms with van der Waals surface area (Å²) < 4.78 is 5.09. The second kappa shape index (κ2) is 2.31. The minimum Gasteiger partial charge on any atom is -0.469 e. The molecule has 0 aromatic rings. The van der Waals surface area contributed by atoms with Crippen molar-refractivity contribution < 1.29 is 9.53 Å². The van der Waals surface area contributed by atoms with Crippen LogP contribution in [-0.4, -0.2) is 13.1 Å². The normalized spacial score (nSPS) is 57.8. The molecule has 80 valence electrons. The van der Waals surface area contributed by atoms with Crippen LogP contribution in [0.3, 0.4) is 0 Å². The maximum atomic E-state index is 12.1. The summed E-state index contributed by atoms with van der Waals surface area (Å²) in [5, 5.41) is 0. The van der Waals surface area contributed by atoms with Crippen molar-refractivity contribution in [2.45, 2.75) is 19.3 Å². The molecule has 0 N–H and O–H groups in total. The van der Waals surface area contributed by atoms with E-state index in [0.717, 1.165) is 24.2 Å². The Morgan fingerprint density at radius 2 is 2.27 bits per heavy atom. The van der Waals surface area contributed by atoms with Crippen LogP contribution in [0.4, 0.5) is 0 Å². The number of carbonyl (C=O) groups excluding carboxylic acids is 1. The number of hydrogen-bond acceptors (Lipinski definition) is 2. The number of rotatable bonds is 1. The Morgan fingerprint density at radius 3 is 3.00 bits per heavy atom. The third kappa shape index (κ3) is 0.685. The van der Waals surface area contributed by atoms with Gasteiger partial charge in [0.15, 0.2) is 0 Å². The summed E-state index contributed by atoms with van der Waals surface area (Å²) in [5.74, 6) is 3.96. The molecule has 5 rings (SSSR count). The lowest BCUT2D eigenvalue weighted by molar-refractivity contribution is -0.155. The first-order chi connectivity index (χ1) is 7.30. The third-order valence-corrected chi connectivity index (χ3v) is 5.62. The van der Waals surface area contributed by atoms with Crippen molar-refractivity contribution in [3.05, 3.63) is 12.2 Å². The first kappa shape index (κ1) is 8.37.